The predicted octanol–water partition coefficient (Wildman–Crippen LogP) is 2.50. The Morgan fingerprint density at radius 2 is 1.82 bits per heavy atom. The number of rotatable bonds is 3. The van der Waals surface area contributed by atoms with Gasteiger partial charge in [0.25, 0.3) is 0 Å². The topological polar surface area (TPSA) is 44.5 Å². The van der Waals surface area contributed by atoms with Crippen molar-refractivity contribution in [2.75, 3.05) is 7.11 Å². The fraction of sp³-hybridized carbons (Fsp3) is 0.400. The van der Waals surface area contributed by atoms with Gasteiger partial charge >= 0.3 is 6.36 Å². The standard InChI is InChI=1S/C10H11F4NO2/c1-9(15,16-2)6-3-4-8(7(11)5-6)17-10(12,13)14/h3-5H,15H2,1-2H3. The van der Waals surface area contributed by atoms with Crippen molar-refractivity contribution in [3.8, 4) is 5.75 Å². The van der Waals surface area contributed by atoms with Crippen LogP contribution in [0.15, 0.2) is 18.2 Å². The number of methoxy groups -OCH3 is 1. The lowest BCUT2D eigenvalue weighted by Crippen LogP contribution is -2.35. The fourth-order valence-corrected chi connectivity index (χ4v) is 1.13. The first-order chi connectivity index (χ1) is 7.65. The molecule has 0 radical (unpaired) electrons. The van der Waals surface area contributed by atoms with E-state index in [9.17, 15) is 17.6 Å². The van der Waals surface area contributed by atoms with Crippen molar-refractivity contribution < 1.29 is 27.0 Å². The molecule has 1 aromatic carbocycles. The first-order valence-electron chi connectivity index (χ1n) is 4.55. The van der Waals surface area contributed by atoms with Crippen LogP contribution in [-0.4, -0.2) is 13.5 Å². The second-order valence-electron chi connectivity index (χ2n) is 3.50. The van der Waals surface area contributed by atoms with Gasteiger partial charge in [-0.1, -0.05) is 6.07 Å². The van der Waals surface area contributed by atoms with Gasteiger partial charge in [0.15, 0.2) is 11.6 Å². The number of nitrogens with two attached hydrogens (primary N) is 1. The van der Waals surface area contributed by atoms with Gasteiger partial charge in [-0.25, -0.2) is 4.39 Å². The van der Waals surface area contributed by atoms with Crippen LogP contribution in [-0.2, 0) is 10.5 Å². The molecule has 0 heterocycles. The second-order valence-corrected chi connectivity index (χ2v) is 3.50. The van der Waals surface area contributed by atoms with E-state index in [0.717, 1.165) is 12.1 Å². The summed E-state index contributed by atoms with van der Waals surface area (Å²) in [4.78, 5) is 0. The van der Waals surface area contributed by atoms with Crippen LogP contribution >= 0.6 is 0 Å². The lowest BCUT2D eigenvalue weighted by Gasteiger charge is -2.23. The monoisotopic (exact) mass is 253 g/mol. The van der Waals surface area contributed by atoms with Crippen molar-refractivity contribution in [3.05, 3.63) is 29.6 Å². The Bertz CT molecular complexity index is 404. The molecule has 0 bridgehead atoms. The van der Waals surface area contributed by atoms with Crippen LogP contribution < -0.4 is 10.5 Å². The Balaban J connectivity index is 3.02. The molecule has 1 rings (SSSR count). The average Bonchev–Trinajstić information content (AvgIpc) is 2.19. The van der Waals surface area contributed by atoms with Gasteiger partial charge in [0.1, 0.15) is 5.72 Å². The highest BCUT2D eigenvalue weighted by molar-refractivity contribution is 5.32. The minimum atomic E-state index is -4.93. The molecule has 3 nitrogen and oxygen atoms in total. The third kappa shape index (κ3) is 3.57. The van der Waals surface area contributed by atoms with Crippen molar-refractivity contribution in [2.24, 2.45) is 5.73 Å². The van der Waals surface area contributed by atoms with Gasteiger partial charge in [0, 0.05) is 12.7 Å². The molecule has 0 fully saturated rings. The molecule has 17 heavy (non-hydrogen) atoms. The highest BCUT2D eigenvalue weighted by atomic mass is 19.4. The van der Waals surface area contributed by atoms with Crippen molar-refractivity contribution in [1.82, 2.24) is 0 Å². The summed E-state index contributed by atoms with van der Waals surface area (Å²) in [6.07, 6.45) is -4.93. The van der Waals surface area contributed by atoms with Gasteiger partial charge in [0.05, 0.1) is 0 Å². The normalized spacial score (nSPS) is 15.5. The number of ether oxygens (including phenoxy) is 2. The molecule has 1 atom stereocenters. The summed E-state index contributed by atoms with van der Waals surface area (Å²) < 4.78 is 57.3. The quantitative estimate of drug-likeness (QED) is 0.665. The highest BCUT2D eigenvalue weighted by Gasteiger charge is 2.33. The molecule has 1 aromatic rings. The van der Waals surface area contributed by atoms with Crippen LogP contribution in [0, 0.1) is 5.82 Å². The van der Waals surface area contributed by atoms with Gasteiger partial charge in [-0.3, -0.25) is 5.73 Å². The maximum Gasteiger partial charge on any atom is 0.573 e. The van der Waals surface area contributed by atoms with Crippen LogP contribution in [0.4, 0.5) is 17.6 Å². The van der Waals surface area contributed by atoms with Crippen molar-refractivity contribution >= 4 is 0 Å². The Morgan fingerprint density at radius 1 is 1.24 bits per heavy atom. The average molecular weight is 253 g/mol. The highest BCUT2D eigenvalue weighted by Crippen LogP contribution is 2.28. The molecular weight excluding hydrogens is 242 g/mol. The third-order valence-electron chi connectivity index (χ3n) is 2.15. The van der Waals surface area contributed by atoms with E-state index in [1.54, 1.807) is 0 Å². The largest absolute Gasteiger partial charge is 0.573 e. The van der Waals surface area contributed by atoms with Crippen molar-refractivity contribution in [1.29, 1.82) is 0 Å². The summed E-state index contributed by atoms with van der Waals surface area (Å²) in [5.41, 5.74) is 4.55. The molecule has 7 heteroatoms. The zero-order chi connectivity index (χ0) is 13.3. The number of benzene rings is 1. The Kier molecular flexibility index (Phi) is 3.63. The lowest BCUT2D eigenvalue weighted by molar-refractivity contribution is -0.275. The molecule has 96 valence electrons. The summed E-state index contributed by atoms with van der Waals surface area (Å²) in [7, 11) is 1.30. The summed E-state index contributed by atoms with van der Waals surface area (Å²) >= 11 is 0. The van der Waals surface area contributed by atoms with E-state index >= 15 is 0 Å². The molecule has 0 aromatic heterocycles. The SMILES string of the molecule is COC(C)(N)c1ccc(OC(F)(F)F)c(F)c1. The van der Waals surface area contributed by atoms with Gasteiger partial charge in [-0.15, -0.1) is 13.2 Å². The van der Waals surface area contributed by atoms with Crippen molar-refractivity contribution in [3.63, 3.8) is 0 Å². The third-order valence-corrected chi connectivity index (χ3v) is 2.15. The Labute approximate surface area is 95.1 Å². The van der Waals surface area contributed by atoms with Crippen LogP contribution in [0.2, 0.25) is 0 Å². The van der Waals surface area contributed by atoms with Crippen LogP contribution in [0.1, 0.15) is 12.5 Å². The van der Waals surface area contributed by atoms with E-state index in [2.05, 4.69) is 4.74 Å². The molecule has 1 unspecified atom stereocenters. The van der Waals surface area contributed by atoms with E-state index < -0.39 is 23.7 Å². The zero-order valence-corrected chi connectivity index (χ0v) is 9.14. The molecular formula is C10H11F4NO2. The van der Waals surface area contributed by atoms with Gasteiger partial charge in [-0.2, -0.15) is 0 Å². The summed E-state index contributed by atoms with van der Waals surface area (Å²) in [6, 6.07) is 2.89. The lowest BCUT2D eigenvalue weighted by atomic mass is 10.1. The first-order valence-corrected chi connectivity index (χ1v) is 4.55. The maximum atomic E-state index is 13.3. The zero-order valence-electron chi connectivity index (χ0n) is 9.14. The maximum absolute atomic E-state index is 13.3. The Morgan fingerprint density at radius 3 is 2.24 bits per heavy atom. The second kappa shape index (κ2) is 4.50. The summed E-state index contributed by atoms with van der Waals surface area (Å²) in [5, 5.41) is 0. The summed E-state index contributed by atoms with van der Waals surface area (Å²) in [5.74, 6) is -2.07. The minimum Gasteiger partial charge on any atom is -0.403 e. The predicted molar refractivity (Wildman–Crippen MR) is 51.6 cm³/mol. The molecule has 0 saturated heterocycles. The number of hydrogen-bond acceptors (Lipinski definition) is 3. The van der Waals surface area contributed by atoms with Crippen LogP contribution in [0.3, 0.4) is 0 Å². The van der Waals surface area contributed by atoms with Gasteiger partial charge < -0.3 is 9.47 Å². The molecule has 0 aliphatic carbocycles. The van der Waals surface area contributed by atoms with Crippen molar-refractivity contribution in [2.45, 2.75) is 19.0 Å². The smallest absolute Gasteiger partial charge is 0.403 e. The molecule has 0 spiro atoms. The Hall–Kier alpha value is -1.34. The van der Waals surface area contributed by atoms with E-state index in [-0.39, 0.29) is 5.56 Å². The van der Waals surface area contributed by atoms with Crippen LogP contribution in [0.25, 0.3) is 0 Å². The molecule has 0 amide bonds. The van der Waals surface area contributed by atoms with Gasteiger partial charge in [-0.05, 0) is 19.1 Å². The van der Waals surface area contributed by atoms with Crippen LogP contribution in [0.5, 0.6) is 5.75 Å². The molecule has 0 aliphatic rings. The molecule has 2 N–H and O–H groups in total. The number of hydrogen-bond donors (Lipinski definition) is 1. The molecule has 0 saturated carbocycles. The van der Waals surface area contributed by atoms with E-state index in [4.69, 9.17) is 10.5 Å². The summed E-state index contributed by atoms with van der Waals surface area (Å²) in [6.45, 7) is 1.45. The fourth-order valence-electron chi connectivity index (χ4n) is 1.13. The van der Waals surface area contributed by atoms with Gasteiger partial charge in [0.2, 0.25) is 0 Å². The van der Waals surface area contributed by atoms with E-state index in [1.807, 2.05) is 0 Å². The first kappa shape index (κ1) is 13.7. The number of alkyl halides is 3. The molecule has 0 aliphatic heterocycles. The minimum absolute atomic E-state index is 0.201. The van der Waals surface area contributed by atoms with E-state index in [0.29, 0.717) is 0 Å². The number of halogens is 4. The van der Waals surface area contributed by atoms with E-state index in [1.165, 1.54) is 20.1 Å².